The first-order chi connectivity index (χ1) is 14.2. The van der Waals surface area contributed by atoms with Gasteiger partial charge in [-0.3, -0.25) is 0 Å². The van der Waals surface area contributed by atoms with Crippen LogP contribution >= 0.6 is 8.25 Å². The summed E-state index contributed by atoms with van der Waals surface area (Å²) < 4.78 is 15.1. The van der Waals surface area contributed by atoms with Gasteiger partial charge in [0.05, 0.1) is 0 Å². The summed E-state index contributed by atoms with van der Waals surface area (Å²) >= 11 is 0. The Kier molecular flexibility index (Phi) is 8.09. The van der Waals surface area contributed by atoms with Crippen molar-refractivity contribution in [2.24, 2.45) is 0 Å². The number of rotatable bonds is 6. The summed E-state index contributed by atoms with van der Waals surface area (Å²) in [4.78, 5) is 8.57. The predicted octanol–water partition coefficient (Wildman–Crippen LogP) is 6.48. The molecule has 0 saturated heterocycles. The minimum atomic E-state index is -2.53. The molecule has 0 radical (unpaired) electrons. The maximum absolute atomic E-state index is 10.4. The Morgan fingerprint density at radius 3 is 1.76 bits per heavy atom. The first kappa shape index (κ1) is 20.9. The van der Waals surface area contributed by atoms with E-state index in [1.165, 1.54) is 11.1 Å². The van der Waals surface area contributed by atoms with Gasteiger partial charge < -0.3 is 0 Å². The highest BCUT2D eigenvalue weighted by atomic mass is 31.1. The van der Waals surface area contributed by atoms with Crippen LogP contribution in [0.5, 0.6) is 0 Å². The number of aryl methyl sites for hydroxylation is 2. The molecule has 4 aromatic rings. The molecule has 0 aliphatic heterocycles. The van der Waals surface area contributed by atoms with Crippen molar-refractivity contribution in [3.8, 4) is 0 Å². The molecule has 4 aromatic carbocycles. The highest BCUT2D eigenvalue weighted by Crippen LogP contribution is 2.23. The molecule has 0 spiro atoms. The standard InChI is InChI=1S/C14H14.C11H9O3P/c1-3-7-13(8-4-1)11-12-14-9-5-2-6-10-14;12-15(13)14-8-10-6-3-5-9-4-1-2-7-11(9)10/h1-10H,11-12H2;1-7H,8H2/p+1. The van der Waals surface area contributed by atoms with Crippen molar-refractivity contribution in [1.82, 2.24) is 0 Å². The Morgan fingerprint density at radius 1 is 0.655 bits per heavy atom. The molecule has 4 rings (SSSR count). The summed E-state index contributed by atoms with van der Waals surface area (Å²) in [6.45, 7) is 0.160. The number of hydrogen-bond donors (Lipinski definition) is 1. The smallest absolute Gasteiger partial charge is 0.133 e. The van der Waals surface area contributed by atoms with Crippen molar-refractivity contribution in [2.75, 3.05) is 0 Å². The van der Waals surface area contributed by atoms with Crippen LogP contribution in [-0.4, -0.2) is 4.89 Å². The Morgan fingerprint density at radius 2 is 1.17 bits per heavy atom. The molecule has 0 amide bonds. The lowest BCUT2D eigenvalue weighted by molar-refractivity contribution is 0.273. The minimum Gasteiger partial charge on any atom is -0.133 e. The van der Waals surface area contributed by atoms with Crippen LogP contribution in [0, 0.1) is 0 Å². The topological polar surface area (TPSA) is 46.5 Å². The van der Waals surface area contributed by atoms with Crippen LogP contribution in [0.1, 0.15) is 16.7 Å². The molecule has 0 aromatic heterocycles. The van der Waals surface area contributed by atoms with Crippen molar-refractivity contribution in [2.45, 2.75) is 19.4 Å². The molecule has 29 heavy (non-hydrogen) atoms. The second-order valence-electron chi connectivity index (χ2n) is 6.62. The highest BCUT2D eigenvalue weighted by Gasteiger charge is 2.12. The molecule has 1 N–H and O–H groups in total. The van der Waals surface area contributed by atoms with Crippen LogP contribution in [0.15, 0.2) is 103 Å². The van der Waals surface area contributed by atoms with Crippen molar-refractivity contribution < 1.29 is 14.0 Å². The molecule has 0 heterocycles. The quantitative estimate of drug-likeness (QED) is 0.375. The Labute approximate surface area is 172 Å². The van der Waals surface area contributed by atoms with Gasteiger partial charge in [-0.15, -0.1) is 9.42 Å². The van der Waals surface area contributed by atoms with E-state index in [4.69, 9.17) is 9.42 Å². The Hall–Kier alpha value is -2.84. The van der Waals surface area contributed by atoms with E-state index in [9.17, 15) is 4.57 Å². The van der Waals surface area contributed by atoms with Gasteiger partial charge in [-0.05, 0) is 40.3 Å². The summed E-state index contributed by atoms with van der Waals surface area (Å²) in [6.07, 6.45) is 2.26. The monoisotopic (exact) mass is 403 g/mol. The van der Waals surface area contributed by atoms with Gasteiger partial charge in [-0.2, -0.15) is 0 Å². The lowest BCUT2D eigenvalue weighted by Gasteiger charge is -2.01. The molecule has 3 nitrogen and oxygen atoms in total. The summed E-state index contributed by atoms with van der Waals surface area (Å²) in [6, 6.07) is 34.9. The van der Waals surface area contributed by atoms with Gasteiger partial charge >= 0.3 is 8.25 Å². The van der Waals surface area contributed by atoms with E-state index in [-0.39, 0.29) is 6.61 Å². The molecule has 0 aliphatic carbocycles. The third-order valence-electron chi connectivity index (χ3n) is 4.60. The fraction of sp³-hybridized carbons (Fsp3) is 0.120. The van der Waals surface area contributed by atoms with Crippen LogP contribution in [0.4, 0.5) is 0 Å². The largest absolute Gasteiger partial charge is 0.695 e. The summed E-state index contributed by atoms with van der Waals surface area (Å²) in [5.41, 5.74) is 3.75. The van der Waals surface area contributed by atoms with Gasteiger partial charge in [0.15, 0.2) is 0 Å². The molecule has 146 valence electrons. The number of benzene rings is 4. The third-order valence-corrected chi connectivity index (χ3v) is 4.95. The molecule has 1 unspecified atom stereocenters. The van der Waals surface area contributed by atoms with Crippen molar-refractivity contribution >= 4 is 19.0 Å². The van der Waals surface area contributed by atoms with Crippen molar-refractivity contribution in [3.63, 3.8) is 0 Å². The van der Waals surface area contributed by atoms with Crippen LogP contribution in [0.3, 0.4) is 0 Å². The van der Waals surface area contributed by atoms with E-state index in [0.717, 1.165) is 29.2 Å². The molecule has 4 heteroatoms. The number of fused-ring (bicyclic) bond motifs is 1. The average Bonchev–Trinajstić information content (AvgIpc) is 2.78. The molecular formula is C25H24O3P+. The van der Waals surface area contributed by atoms with E-state index >= 15 is 0 Å². The molecule has 1 atom stereocenters. The lowest BCUT2D eigenvalue weighted by atomic mass is 10.0. The first-order valence-electron chi connectivity index (χ1n) is 9.56. The van der Waals surface area contributed by atoms with Gasteiger partial charge in [0.2, 0.25) is 0 Å². The van der Waals surface area contributed by atoms with Gasteiger partial charge in [0.25, 0.3) is 0 Å². The van der Waals surface area contributed by atoms with Crippen LogP contribution < -0.4 is 0 Å². The Balaban J connectivity index is 0.000000166. The normalized spacial score (nSPS) is 10.9. The molecule has 0 bridgehead atoms. The second kappa shape index (κ2) is 11.2. The van der Waals surface area contributed by atoms with Crippen LogP contribution in [0.25, 0.3) is 10.8 Å². The van der Waals surface area contributed by atoms with E-state index in [2.05, 4.69) is 60.7 Å². The fourth-order valence-electron chi connectivity index (χ4n) is 3.12. The van der Waals surface area contributed by atoms with E-state index in [1.54, 1.807) is 0 Å². The van der Waals surface area contributed by atoms with E-state index in [1.807, 2.05) is 42.5 Å². The average molecular weight is 403 g/mol. The van der Waals surface area contributed by atoms with Crippen LogP contribution in [-0.2, 0) is 28.5 Å². The van der Waals surface area contributed by atoms with E-state index < -0.39 is 8.25 Å². The fourth-order valence-corrected chi connectivity index (χ4v) is 3.37. The van der Waals surface area contributed by atoms with Gasteiger partial charge in [0, 0.05) is 4.57 Å². The zero-order valence-electron chi connectivity index (χ0n) is 16.1. The molecule has 0 aliphatic rings. The summed E-state index contributed by atoms with van der Waals surface area (Å²) in [5.74, 6) is 0. The minimum absolute atomic E-state index is 0.160. The van der Waals surface area contributed by atoms with Gasteiger partial charge in [-0.25, -0.2) is 0 Å². The Bertz CT molecular complexity index is 989. The van der Waals surface area contributed by atoms with Gasteiger partial charge in [-0.1, -0.05) is 103 Å². The second-order valence-corrected chi connectivity index (χ2v) is 7.35. The zero-order chi connectivity index (χ0) is 20.3. The molecule has 0 fully saturated rings. The van der Waals surface area contributed by atoms with Crippen molar-refractivity contribution in [3.05, 3.63) is 120 Å². The maximum atomic E-state index is 10.4. The predicted molar refractivity (Wildman–Crippen MR) is 119 cm³/mol. The van der Waals surface area contributed by atoms with E-state index in [0.29, 0.717) is 0 Å². The molecular weight excluding hydrogens is 379 g/mol. The van der Waals surface area contributed by atoms with Gasteiger partial charge in [0.1, 0.15) is 6.61 Å². The summed E-state index contributed by atoms with van der Waals surface area (Å²) in [7, 11) is -2.53. The summed E-state index contributed by atoms with van der Waals surface area (Å²) in [5, 5.41) is 2.16. The zero-order valence-corrected chi connectivity index (χ0v) is 17.0. The highest BCUT2D eigenvalue weighted by molar-refractivity contribution is 7.32. The molecule has 0 saturated carbocycles. The SMILES string of the molecule is O=[P+](O)OCc1cccc2ccccc12.c1ccc(CCc2ccccc2)cc1. The first-order valence-corrected chi connectivity index (χ1v) is 10.7. The maximum Gasteiger partial charge on any atom is 0.695 e. The number of hydrogen-bond acceptors (Lipinski definition) is 2. The van der Waals surface area contributed by atoms with Crippen molar-refractivity contribution in [1.29, 1.82) is 0 Å². The lowest BCUT2D eigenvalue weighted by Crippen LogP contribution is -1.89. The van der Waals surface area contributed by atoms with Crippen LogP contribution in [0.2, 0.25) is 0 Å². The third kappa shape index (κ3) is 6.92.